The van der Waals surface area contributed by atoms with Crippen molar-refractivity contribution >= 4 is 0 Å². The van der Waals surface area contributed by atoms with E-state index in [2.05, 4.69) is 33.8 Å². The van der Waals surface area contributed by atoms with E-state index < -0.39 is 0 Å². The van der Waals surface area contributed by atoms with Gasteiger partial charge in [-0.3, -0.25) is 0 Å². The minimum Gasteiger partial charge on any atom is -0.508 e. The summed E-state index contributed by atoms with van der Waals surface area (Å²) in [5.74, 6) is 3.74. The molecule has 1 saturated carbocycles. The summed E-state index contributed by atoms with van der Waals surface area (Å²) in [6.45, 7) is 9.19. The van der Waals surface area contributed by atoms with Gasteiger partial charge in [0.05, 0.1) is 7.11 Å². The molecule has 0 aromatic heterocycles. The highest BCUT2D eigenvalue weighted by molar-refractivity contribution is 5.50. The van der Waals surface area contributed by atoms with Crippen molar-refractivity contribution in [2.75, 3.05) is 7.11 Å². The first-order valence-electron chi connectivity index (χ1n) is 9.87. The summed E-state index contributed by atoms with van der Waals surface area (Å²) in [7, 11) is 1.74. The molecule has 24 heavy (non-hydrogen) atoms. The first kappa shape index (κ1) is 19.1. The third-order valence-electron chi connectivity index (χ3n) is 5.86. The maximum atomic E-state index is 10.8. The maximum absolute atomic E-state index is 10.8. The lowest BCUT2D eigenvalue weighted by Crippen LogP contribution is -2.26. The van der Waals surface area contributed by atoms with Crippen LogP contribution in [0, 0.1) is 17.8 Å². The monoisotopic (exact) mass is 332 g/mol. The van der Waals surface area contributed by atoms with E-state index >= 15 is 0 Å². The van der Waals surface area contributed by atoms with Gasteiger partial charge in [-0.05, 0) is 67.1 Å². The Bertz CT molecular complexity index is 521. The Kier molecular flexibility index (Phi) is 7.01. The van der Waals surface area contributed by atoms with Crippen LogP contribution in [0.25, 0.3) is 0 Å². The summed E-state index contributed by atoms with van der Waals surface area (Å²) in [6, 6.07) is 4.16. The zero-order valence-electron chi connectivity index (χ0n) is 16.3. The number of phenolic OH excluding ortho intramolecular Hbond substituents is 1. The van der Waals surface area contributed by atoms with E-state index in [1.54, 1.807) is 7.11 Å². The number of rotatable bonds is 7. The molecule has 1 aliphatic rings. The highest BCUT2D eigenvalue weighted by Gasteiger charge is 2.35. The average Bonchev–Trinajstić information content (AvgIpc) is 2.54. The Morgan fingerprint density at radius 1 is 1.21 bits per heavy atom. The molecule has 0 spiro atoms. The molecule has 1 aromatic carbocycles. The first-order valence-corrected chi connectivity index (χ1v) is 9.87. The van der Waals surface area contributed by atoms with Gasteiger partial charge >= 0.3 is 0 Å². The number of unbranched alkanes of at least 4 members (excludes halogenated alkanes) is 2. The van der Waals surface area contributed by atoms with Gasteiger partial charge in [0.15, 0.2) is 0 Å². The standard InChI is InChI=1S/C22H36O2/c1-6-7-8-9-17-13-20(23)22(21(14-17)24-5)19-12-16(4)10-11-18(19)15(2)3/h13-16,18-19,23H,6-12H2,1-5H3/t16-,18-,19+/m0/s1. The van der Waals surface area contributed by atoms with Crippen LogP contribution in [0.3, 0.4) is 0 Å². The Balaban J connectivity index is 2.33. The fraction of sp³-hybridized carbons (Fsp3) is 0.727. The Labute approximate surface area is 148 Å². The zero-order valence-corrected chi connectivity index (χ0v) is 16.3. The van der Waals surface area contributed by atoms with Gasteiger partial charge in [0.1, 0.15) is 11.5 Å². The molecular weight excluding hydrogens is 296 g/mol. The second-order valence-electron chi connectivity index (χ2n) is 8.12. The summed E-state index contributed by atoms with van der Waals surface area (Å²) in [4.78, 5) is 0. The quantitative estimate of drug-likeness (QED) is 0.593. The van der Waals surface area contributed by atoms with Crippen LogP contribution in [0.1, 0.15) is 83.3 Å². The van der Waals surface area contributed by atoms with E-state index in [0.29, 0.717) is 23.5 Å². The van der Waals surface area contributed by atoms with E-state index in [9.17, 15) is 5.11 Å². The predicted octanol–water partition coefficient (Wildman–Crippen LogP) is 6.31. The Morgan fingerprint density at radius 2 is 1.96 bits per heavy atom. The fourth-order valence-electron chi connectivity index (χ4n) is 4.47. The summed E-state index contributed by atoms with van der Waals surface area (Å²) in [6.07, 6.45) is 8.36. The maximum Gasteiger partial charge on any atom is 0.126 e. The molecule has 3 atom stereocenters. The number of hydrogen-bond donors (Lipinski definition) is 1. The second kappa shape index (κ2) is 8.78. The molecule has 2 heteroatoms. The van der Waals surface area contributed by atoms with Crippen molar-refractivity contribution in [1.29, 1.82) is 0 Å². The third-order valence-corrected chi connectivity index (χ3v) is 5.86. The van der Waals surface area contributed by atoms with Crippen LogP contribution in [0.2, 0.25) is 0 Å². The van der Waals surface area contributed by atoms with Crippen LogP contribution >= 0.6 is 0 Å². The third kappa shape index (κ3) is 4.46. The van der Waals surface area contributed by atoms with Crippen molar-refractivity contribution in [3.63, 3.8) is 0 Å². The van der Waals surface area contributed by atoms with Crippen LogP contribution in [-0.2, 0) is 6.42 Å². The number of phenols is 1. The number of hydrogen-bond acceptors (Lipinski definition) is 2. The van der Waals surface area contributed by atoms with E-state index in [4.69, 9.17) is 4.74 Å². The molecule has 0 aliphatic heterocycles. The van der Waals surface area contributed by atoms with Crippen LogP contribution in [0.15, 0.2) is 12.1 Å². The van der Waals surface area contributed by atoms with E-state index in [-0.39, 0.29) is 0 Å². The van der Waals surface area contributed by atoms with E-state index in [0.717, 1.165) is 30.1 Å². The highest BCUT2D eigenvalue weighted by Crippen LogP contribution is 2.49. The van der Waals surface area contributed by atoms with E-state index in [1.807, 2.05) is 6.07 Å². The van der Waals surface area contributed by atoms with Gasteiger partial charge in [-0.25, -0.2) is 0 Å². The van der Waals surface area contributed by atoms with Gasteiger partial charge in [-0.2, -0.15) is 0 Å². The van der Waals surface area contributed by atoms with Gasteiger partial charge in [0, 0.05) is 5.56 Å². The summed E-state index contributed by atoms with van der Waals surface area (Å²) >= 11 is 0. The van der Waals surface area contributed by atoms with Crippen LogP contribution < -0.4 is 4.74 Å². The minimum absolute atomic E-state index is 0.411. The molecule has 0 bridgehead atoms. The summed E-state index contributed by atoms with van der Waals surface area (Å²) in [5.41, 5.74) is 2.26. The molecular formula is C22H36O2. The molecule has 0 amide bonds. The Hall–Kier alpha value is -1.18. The van der Waals surface area contributed by atoms with Gasteiger partial charge in [-0.1, -0.05) is 47.0 Å². The summed E-state index contributed by atoms with van der Waals surface area (Å²) in [5, 5.41) is 10.8. The lowest BCUT2D eigenvalue weighted by atomic mass is 9.67. The number of aryl methyl sites for hydroxylation is 1. The molecule has 2 rings (SSSR count). The molecule has 1 N–H and O–H groups in total. The van der Waals surface area contributed by atoms with Gasteiger partial charge in [0.25, 0.3) is 0 Å². The molecule has 2 nitrogen and oxygen atoms in total. The van der Waals surface area contributed by atoms with E-state index in [1.165, 1.54) is 37.7 Å². The number of aromatic hydroxyl groups is 1. The molecule has 1 aliphatic carbocycles. The first-order chi connectivity index (χ1) is 11.5. The van der Waals surface area contributed by atoms with Gasteiger partial charge < -0.3 is 9.84 Å². The van der Waals surface area contributed by atoms with Crippen molar-refractivity contribution in [3.8, 4) is 11.5 Å². The van der Waals surface area contributed by atoms with Crippen LogP contribution in [0.5, 0.6) is 11.5 Å². The molecule has 0 saturated heterocycles. The van der Waals surface area contributed by atoms with Crippen molar-refractivity contribution < 1.29 is 9.84 Å². The molecule has 1 fully saturated rings. The van der Waals surface area contributed by atoms with Crippen LogP contribution in [-0.4, -0.2) is 12.2 Å². The van der Waals surface area contributed by atoms with Gasteiger partial charge in [-0.15, -0.1) is 0 Å². The predicted molar refractivity (Wildman–Crippen MR) is 102 cm³/mol. The normalized spacial score (nSPS) is 24.3. The van der Waals surface area contributed by atoms with Crippen molar-refractivity contribution in [2.45, 2.75) is 78.6 Å². The SMILES string of the molecule is CCCCCc1cc(O)c([C@@H]2C[C@@H](C)CC[C@H]2C(C)C)c(OC)c1. The zero-order chi connectivity index (χ0) is 17.7. The second-order valence-corrected chi connectivity index (χ2v) is 8.12. The molecule has 0 radical (unpaired) electrons. The average molecular weight is 333 g/mol. The number of methoxy groups -OCH3 is 1. The van der Waals surface area contributed by atoms with Crippen molar-refractivity contribution in [2.24, 2.45) is 17.8 Å². The number of benzene rings is 1. The highest BCUT2D eigenvalue weighted by atomic mass is 16.5. The van der Waals surface area contributed by atoms with Crippen LogP contribution in [0.4, 0.5) is 0 Å². The van der Waals surface area contributed by atoms with Gasteiger partial charge in [0.2, 0.25) is 0 Å². The fourth-order valence-corrected chi connectivity index (χ4v) is 4.47. The Morgan fingerprint density at radius 3 is 2.58 bits per heavy atom. The molecule has 136 valence electrons. The molecule has 0 unspecified atom stereocenters. The number of ether oxygens (including phenoxy) is 1. The molecule has 1 aromatic rings. The lowest BCUT2D eigenvalue weighted by molar-refractivity contribution is 0.191. The van der Waals surface area contributed by atoms with Crippen molar-refractivity contribution in [3.05, 3.63) is 23.3 Å². The smallest absolute Gasteiger partial charge is 0.126 e. The minimum atomic E-state index is 0.411. The summed E-state index contributed by atoms with van der Waals surface area (Å²) < 4.78 is 5.73. The topological polar surface area (TPSA) is 29.5 Å². The molecule has 0 heterocycles. The van der Waals surface area contributed by atoms with Crippen molar-refractivity contribution in [1.82, 2.24) is 0 Å². The lowest BCUT2D eigenvalue weighted by Gasteiger charge is -2.38. The largest absolute Gasteiger partial charge is 0.508 e.